The fourth-order valence-corrected chi connectivity index (χ4v) is 1.14. The molecule has 0 spiro atoms. The molecule has 7 heteroatoms. The second kappa shape index (κ2) is 5.30. The maximum atomic E-state index is 11.1. The number of primary amides is 1. The molecule has 0 atom stereocenters. The number of carbonyl (C=O) groups excluding carboxylic acids is 2. The van der Waals surface area contributed by atoms with Crippen LogP contribution >= 0.6 is 15.9 Å². The van der Waals surface area contributed by atoms with Gasteiger partial charge < -0.3 is 15.8 Å². The minimum atomic E-state index is -0.993. The monoisotopic (exact) mass is 273 g/mol. The largest absolute Gasteiger partial charge is 0.440 e. The van der Waals surface area contributed by atoms with Gasteiger partial charge in [-0.25, -0.2) is 9.78 Å². The molecular formula is C8H8BrN3O3. The number of aromatic nitrogens is 1. The van der Waals surface area contributed by atoms with E-state index in [2.05, 4.69) is 31.0 Å². The van der Waals surface area contributed by atoms with Crippen LogP contribution < -0.4 is 11.1 Å². The number of hydrogen-bond donors (Lipinski definition) is 2. The molecule has 0 fully saturated rings. The zero-order valence-electron chi connectivity index (χ0n) is 7.57. The van der Waals surface area contributed by atoms with Gasteiger partial charge in [0, 0.05) is 0 Å². The lowest BCUT2D eigenvalue weighted by atomic mass is 10.4. The Kier molecular flexibility index (Phi) is 4.04. The summed E-state index contributed by atoms with van der Waals surface area (Å²) in [5, 5.41) is 2.43. The zero-order chi connectivity index (χ0) is 11.3. The average Bonchev–Trinajstić information content (AvgIpc) is 2.15. The number of hydrogen-bond acceptors (Lipinski definition) is 4. The first kappa shape index (κ1) is 11.4. The predicted molar refractivity (Wildman–Crippen MR) is 56.1 cm³/mol. The van der Waals surface area contributed by atoms with Crippen LogP contribution in [0.15, 0.2) is 22.8 Å². The van der Waals surface area contributed by atoms with Crippen LogP contribution in [0.5, 0.6) is 0 Å². The van der Waals surface area contributed by atoms with Crippen molar-refractivity contribution in [3.05, 3.63) is 22.8 Å². The predicted octanol–water partition coefficient (Wildman–Crippen LogP) is 0.878. The number of halogens is 1. The van der Waals surface area contributed by atoms with Crippen molar-refractivity contribution in [3.8, 4) is 0 Å². The molecule has 2 amide bonds. The Balaban J connectivity index is 2.48. The number of anilines is 1. The molecular weight excluding hydrogens is 266 g/mol. The summed E-state index contributed by atoms with van der Waals surface area (Å²) in [6.45, 7) is -0.427. The number of ether oxygens (including phenoxy) is 1. The molecule has 0 aliphatic heterocycles. The molecule has 1 rings (SSSR count). The standard InChI is InChI=1S/C8H8BrN3O3/c9-5-2-1-3-6(11-5)12-7(13)4-15-8(10)14/h1-3H,4H2,(H2,10,14)(H,11,12,13). The van der Waals surface area contributed by atoms with Crippen molar-refractivity contribution in [2.45, 2.75) is 0 Å². The molecule has 3 N–H and O–H groups in total. The number of nitrogens with zero attached hydrogens (tertiary/aromatic N) is 1. The Morgan fingerprint density at radius 1 is 1.53 bits per heavy atom. The molecule has 0 aromatic carbocycles. The van der Waals surface area contributed by atoms with E-state index in [1.807, 2.05) is 0 Å². The molecule has 6 nitrogen and oxygen atoms in total. The van der Waals surface area contributed by atoms with Crippen LogP contribution in [-0.2, 0) is 9.53 Å². The second-order valence-corrected chi connectivity index (χ2v) is 3.31. The first-order valence-electron chi connectivity index (χ1n) is 3.92. The number of rotatable bonds is 3. The molecule has 0 saturated heterocycles. The maximum Gasteiger partial charge on any atom is 0.405 e. The van der Waals surface area contributed by atoms with E-state index in [1.165, 1.54) is 0 Å². The molecule has 0 aliphatic rings. The fraction of sp³-hybridized carbons (Fsp3) is 0.125. The third-order valence-electron chi connectivity index (χ3n) is 1.33. The topological polar surface area (TPSA) is 94.3 Å². The highest BCUT2D eigenvalue weighted by atomic mass is 79.9. The Morgan fingerprint density at radius 2 is 2.27 bits per heavy atom. The van der Waals surface area contributed by atoms with Gasteiger partial charge in [-0.3, -0.25) is 4.79 Å². The minimum absolute atomic E-state index is 0.363. The van der Waals surface area contributed by atoms with Gasteiger partial charge in [-0.2, -0.15) is 0 Å². The fourth-order valence-electron chi connectivity index (χ4n) is 0.793. The lowest BCUT2D eigenvalue weighted by Crippen LogP contribution is -2.23. The highest BCUT2D eigenvalue weighted by molar-refractivity contribution is 9.10. The molecule has 1 heterocycles. The highest BCUT2D eigenvalue weighted by Crippen LogP contribution is 2.09. The van der Waals surface area contributed by atoms with E-state index >= 15 is 0 Å². The van der Waals surface area contributed by atoms with Gasteiger partial charge in [-0.05, 0) is 28.1 Å². The van der Waals surface area contributed by atoms with Crippen LogP contribution in [-0.4, -0.2) is 23.6 Å². The van der Waals surface area contributed by atoms with Crippen LogP contribution in [0.25, 0.3) is 0 Å². The Labute approximate surface area is 93.9 Å². The first-order chi connectivity index (χ1) is 7.08. The smallest absolute Gasteiger partial charge is 0.405 e. The third-order valence-corrected chi connectivity index (χ3v) is 1.77. The van der Waals surface area contributed by atoms with Crippen molar-refractivity contribution in [2.24, 2.45) is 5.73 Å². The summed E-state index contributed by atoms with van der Waals surface area (Å²) in [6.07, 6.45) is -0.993. The average molecular weight is 274 g/mol. The van der Waals surface area contributed by atoms with E-state index in [1.54, 1.807) is 18.2 Å². The van der Waals surface area contributed by atoms with Crippen LogP contribution in [0.2, 0.25) is 0 Å². The summed E-state index contributed by atoms with van der Waals surface area (Å²) in [7, 11) is 0. The summed E-state index contributed by atoms with van der Waals surface area (Å²) >= 11 is 3.15. The Morgan fingerprint density at radius 3 is 2.87 bits per heavy atom. The van der Waals surface area contributed by atoms with Crippen LogP contribution in [0.4, 0.5) is 10.6 Å². The number of nitrogens with two attached hydrogens (primary N) is 1. The molecule has 1 aromatic rings. The van der Waals surface area contributed by atoms with Gasteiger partial charge >= 0.3 is 6.09 Å². The van der Waals surface area contributed by atoms with E-state index in [4.69, 9.17) is 5.73 Å². The van der Waals surface area contributed by atoms with Gasteiger partial charge in [-0.1, -0.05) is 6.07 Å². The van der Waals surface area contributed by atoms with E-state index < -0.39 is 18.6 Å². The van der Waals surface area contributed by atoms with E-state index in [-0.39, 0.29) is 0 Å². The Hall–Kier alpha value is -1.63. The number of amides is 2. The van der Waals surface area contributed by atoms with Crippen molar-refractivity contribution < 1.29 is 14.3 Å². The van der Waals surface area contributed by atoms with Crippen LogP contribution in [0.3, 0.4) is 0 Å². The third kappa shape index (κ3) is 4.41. The van der Waals surface area contributed by atoms with Crippen molar-refractivity contribution in [1.29, 1.82) is 0 Å². The quantitative estimate of drug-likeness (QED) is 0.800. The van der Waals surface area contributed by atoms with Gasteiger partial charge in [0.1, 0.15) is 10.4 Å². The van der Waals surface area contributed by atoms with E-state index in [0.717, 1.165) is 0 Å². The molecule has 80 valence electrons. The lowest BCUT2D eigenvalue weighted by Gasteiger charge is -2.04. The summed E-state index contributed by atoms with van der Waals surface area (Å²) < 4.78 is 4.89. The summed E-state index contributed by atoms with van der Waals surface area (Å²) in [4.78, 5) is 25.3. The van der Waals surface area contributed by atoms with Gasteiger partial charge in [0.25, 0.3) is 5.91 Å². The van der Waals surface area contributed by atoms with E-state index in [0.29, 0.717) is 10.4 Å². The summed E-state index contributed by atoms with van der Waals surface area (Å²) in [6, 6.07) is 5.03. The van der Waals surface area contributed by atoms with Gasteiger partial charge in [0.05, 0.1) is 0 Å². The van der Waals surface area contributed by atoms with E-state index in [9.17, 15) is 9.59 Å². The highest BCUT2D eigenvalue weighted by Gasteiger charge is 2.05. The number of nitrogens with one attached hydrogen (secondary N) is 1. The van der Waals surface area contributed by atoms with Crippen LogP contribution in [0.1, 0.15) is 0 Å². The van der Waals surface area contributed by atoms with Gasteiger partial charge in [0.2, 0.25) is 0 Å². The van der Waals surface area contributed by atoms with Crippen molar-refractivity contribution in [3.63, 3.8) is 0 Å². The zero-order valence-corrected chi connectivity index (χ0v) is 9.15. The number of carbonyl (C=O) groups is 2. The normalized spacial score (nSPS) is 9.40. The van der Waals surface area contributed by atoms with Crippen molar-refractivity contribution in [1.82, 2.24) is 4.98 Å². The second-order valence-electron chi connectivity index (χ2n) is 2.50. The molecule has 0 radical (unpaired) electrons. The summed E-state index contributed by atoms with van der Waals surface area (Å²) in [5.41, 5.74) is 4.69. The van der Waals surface area contributed by atoms with Gasteiger partial charge in [0.15, 0.2) is 6.61 Å². The molecule has 0 aliphatic carbocycles. The molecule has 1 aromatic heterocycles. The molecule has 0 unspecified atom stereocenters. The lowest BCUT2D eigenvalue weighted by molar-refractivity contribution is -0.118. The SMILES string of the molecule is NC(=O)OCC(=O)Nc1cccc(Br)n1. The minimum Gasteiger partial charge on any atom is -0.440 e. The number of pyridine rings is 1. The molecule has 0 bridgehead atoms. The first-order valence-corrected chi connectivity index (χ1v) is 4.72. The van der Waals surface area contributed by atoms with Crippen LogP contribution in [0, 0.1) is 0 Å². The van der Waals surface area contributed by atoms with Crippen molar-refractivity contribution >= 4 is 33.7 Å². The molecule has 15 heavy (non-hydrogen) atoms. The molecule has 0 saturated carbocycles. The Bertz CT molecular complexity index is 383. The van der Waals surface area contributed by atoms with Gasteiger partial charge in [-0.15, -0.1) is 0 Å². The summed E-state index contributed by atoms with van der Waals surface area (Å²) in [5.74, 6) is -0.137. The maximum absolute atomic E-state index is 11.1. The van der Waals surface area contributed by atoms with Crippen molar-refractivity contribution in [2.75, 3.05) is 11.9 Å².